The van der Waals surface area contributed by atoms with Crippen molar-refractivity contribution in [3.8, 4) is 11.5 Å². The number of amides is 2. The van der Waals surface area contributed by atoms with E-state index in [1.165, 1.54) is 12.8 Å². The molecule has 2 atom stereocenters. The van der Waals surface area contributed by atoms with Crippen LogP contribution in [-0.4, -0.2) is 52.2 Å². The lowest BCUT2D eigenvalue weighted by molar-refractivity contribution is -0.126. The Kier molecular flexibility index (Phi) is 6.55. The van der Waals surface area contributed by atoms with E-state index in [4.69, 9.17) is 9.47 Å². The number of benzene rings is 1. The van der Waals surface area contributed by atoms with E-state index in [0.29, 0.717) is 36.2 Å². The number of piperidine rings is 1. The molecule has 2 N–H and O–H groups in total. The van der Waals surface area contributed by atoms with E-state index in [9.17, 15) is 9.59 Å². The number of nitrogens with one attached hydrogen (secondary N) is 2. The molecule has 7 heteroatoms. The highest BCUT2D eigenvalue weighted by Gasteiger charge is 2.36. The second kappa shape index (κ2) is 9.08. The molecule has 0 radical (unpaired) electrons. The molecule has 2 fully saturated rings. The lowest BCUT2D eigenvalue weighted by atomic mass is 9.96. The van der Waals surface area contributed by atoms with Crippen LogP contribution in [0, 0.1) is 11.8 Å². The number of anilines is 1. The standard InChI is InChI=1S/C20H29N3O4/c1-26-16-5-6-17(18(11-16)27-2)23-13-15(10-19(23)24)20(25)22-9-7-14-4-3-8-21-12-14/h5-6,11,14-15,21H,3-4,7-10,12-13H2,1-2H3,(H,22,25). The van der Waals surface area contributed by atoms with Crippen molar-refractivity contribution >= 4 is 17.5 Å². The molecule has 0 bridgehead atoms. The third-order valence-electron chi connectivity index (χ3n) is 5.42. The molecule has 3 rings (SSSR count). The first kappa shape index (κ1) is 19.5. The van der Waals surface area contributed by atoms with Crippen molar-refractivity contribution in [1.29, 1.82) is 0 Å². The molecule has 2 unspecified atom stereocenters. The highest BCUT2D eigenvalue weighted by Crippen LogP contribution is 2.35. The van der Waals surface area contributed by atoms with Gasteiger partial charge in [0, 0.05) is 25.6 Å². The number of methoxy groups -OCH3 is 2. The highest BCUT2D eigenvalue weighted by molar-refractivity contribution is 6.01. The van der Waals surface area contributed by atoms with Crippen LogP contribution in [0.4, 0.5) is 5.69 Å². The van der Waals surface area contributed by atoms with Gasteiger partial charge in [-0.1, -0.05) is 0 Å². The summed E-state index contributed by atoms with van der Waals surface area (Å²) >= 11 is 0. The Hall–Kier alpha value is -2.28. The van der Waals surface area contributed by atoms with Gasteiger partial charge in [0.25, 0.3) is 0 Å². The summed E-state index contributed by atoms with van der Waals surface area (Å²) < 4.78 is 10.6. The van der Waals surface area contributed by atoms with Gasteiger partial charge in [-0.3, -0.25) is 9.59 Å². The number of hydrogen-bond acceptors (Lipinski definition) is 5. The van der Waals surface area contributed by atoms with Gasteiger partial charge in [0.1, 0.15) is 11.5 Å². The number of ether oxygens (including phenoxy) is 2. The van der Waals surface area contributed by atoms with E-state index in [2.05, 4.69) is 10.6 Å². The smallest absolute Gasteiger partial charge is 0.227 e. The van der Waals surface area contributed by atoms with Crippen molar-refractivity contribution in [3.05, 3.63) is 18.2 Å². The average Bonchev–Trinajstić information content (AvgIpc) is 3.09. The monoisotopic (exact) mass is 375 g/mol. The van der Waals surface area contributed by atoms with Crippen molar-refractivity contribution < 1.29 is 19.1 Å². The average molecular weight is 375 g/mol. The van der Waals surface area contributed by atoms with Crippen molar-refractivity contribution in [2.24, 2.45) is 11.8 Å². The molecule has 0 aromatic heterocycles. The summed E-state index contributed by atoms with van der Waals surface area (Å²) in [5.41, 5.74) is 0.673. The number of hydrogen-bond donors (Lipinski definition) is 2. The van der Waals surface area contributed by atoms with Gasteiger partial charge < -0.3 is 25.0 Å². The van der Waals surface area contributed by atoms with Crippen LogP contribution in [-0.2, 0) is 9.59 Å². The highest BCUT2D eigenvalue weighted by atomic mass is 16.5. The van der Waals surface area contributed by atoms with Crippen LogP contribution < -0.4 is 25.0 Å². The zero-order valence-electron chi connectivity index (χ0n) is 16.1. The van der Waals surface area contributed by atoms with Crippen LogP contribution in [0.1, 0.15) is 25.7 Å². The summed E-state index contributed by atoms with van der Waals surface area (Å²) in [5, 5.41) is 6.41. The Labute approximate surface area is 160 Å². The van der Waals surface area contributed by atoms with Crippen molar-refractivity contribution in [2.75, 3.05) is 45.3 Å². The molecule has 2 saturated heterocycles. The summed E-state index contributed by atoms with van der Waals surface area (Å²) in [6.45, 7) is 3.17. The van der Waals surface area contributed by atoms with Gasteiger partial charge >= 0.3 is 0 Å². The van der Waals surface area contributed by atoms with E-state index in [0.717, 1.165) is 19.5 Å². The Morgan fingerprint density at radius 2 is 2.19 bits per heavy atom. The molecule has 2 aliphatic rings. The lowest BCUT2D eigenvalue weighted by Gasteiger charge is -2.23. The van der Waals surface area contributed by atoms with Gasteiger partial charge in [0.15, 0.2) is 0 Å². The largest absolute Gasteiger partial charge is 0.497 e. The Bertz CT molecular complexity index is 673. The van der Waals surface area contributed by atoms with E-state index in [1.54, 1.807) is 37.3 Å². The Morgan fingerprint density at radius 3 is 2.89 bits per heavy atom. The number of nitrogens with zero attached hydrogens (tertiary/aromatic N) is 1. The lowest BCUT2D eigenvalue weighted by Crippen LogP contribution is -2.36. The fourth-order valence-electron chi connectivity index (χ4n) is 3.84. The molecule has 0 saturated carbocycles. The van der Waals surface area contributed by atoms with E-state index < -0.39 is 0 Å². The first-order chi connectivity index (χ1) is 13.1. The quantitative estimate of drug-likeness (QED) is 0.756. The first-order valence-electron chi connectivity index (χ1n) is 9.63. The minimum Gasteiger partial charge on any atom is -0.497 e. The van der Waals surface area contributed by atoms with Crippen LogP contribution in [0.5, 0.6) is 11.5 Å². The van der Waals surface area contributed by atoms with Gasteiger partial charge in [-0.25, -0.2) is 0 Å². The van der Waals surface area contributed by atoms with Crippen LogP contribution in [0.2, 0.25) is 0 Å². The van der Waals surface area contributed by atoms with Crippen LogP contribution in [0.25, 0.3) is 0 Å². The van der Waals surface area contributed by atoms with Crippen LogP contribution in [0.3, 0.4) is 0 Å². The topological polar surface area (TPSA) is 79.9 Å². The van der Waals surface area contributed by atoms with Crippen LogP contribution in [0.15, 0.2) is 18.2 Å². The maximum Gasteiger partial charge on any atom is 0.227 e. The first-order valence-corrected chi connectivity index (χ1v) is 9.63. The molecule has 148 valence electrons. The maximum atomic E-state index is 12.5. The molecular formula is C20H29N3O4. The minimum atomic E-state index is -0.325. The van der Waals surface area contributed by atoms with Crippen molar-refractivity contribution in [1.82, 2.24) is 10.6 Å². The van der Waals surface area contributed by atoms with E-state index >= 15 is 0 Å². The molecule has 1 aromatic carbocycles. The van der Waals surface area contributed by atoms with Gasteiger partial charge in [0.05, 0.1) is 25.8 Å². The van der Waals surface area contributed by atoms with Gasteiger partial charge in [-0.15, -0.1) is 0 Å². The second-order valence-corrected chi connectivity index (χ2v) is 7.24. The molecule has 7 nitrogen and oxygen atoms in total. The fraction of sp³-hybridized carbons (Fsp3) is 0.600. The van der Waals surface area contributed by atoms with Gasteiger partial charge in [0.2, 0.25) is 11.8 Å². The fourth-order valence-corrected chi connectivity index (χ4v) is 3.84. The number of carbonyl (C=O) groups excluding carboxylic acids is 2. The molecule has 1 aromatic rings. The third-order valence-corrected chi connectivity index (χ3v) is 5.42. The molecule has 27 heavy (non-hydrogen) atoms. The molecule has 0 spiro atoms. The number of carbonyl (C=O) groups is 2. The maximum absolute atomic E-state index is 12.5. The summed E-state index contributed by atoms with van der Waals surface area (Å²) in [7, 11) is 3.14. The zero-order chi connectivity index (χ0) is 19.2. The van der Waals surface area contributed by atoms with E-state index in [1.807, 2.05) is 0 Å². The van der Waals surface area contributed by atoms with Crippen molar-refractivity contribution in [3.63, 3.8) is 0 Å². The minimum absolute atomic E-state index is 0.0397. The van der Waals surface area contributed by atoms with Crippen molar-refractivity contribution in [2.45, 2.75) is 25.7 Å². The normalized spacial score (nSPS) is 22.6. The Morgan fingerprint density at radius 1 is 1.33 bits per heavy atom. The Balaban J connectivity index is 1.55. The molecule has 0 aliphatic carbocycles. The zero-order valence-corrected chi connectivity index (χ0v) is 16.1. The summed E-state index contributed by atoms with van der Waals surface area (Å²) in [5.74, 6) is 1.43. The number of rotatable bonds is 7. The van der Waals surface area contributed by atoms with Gasteiger partial charge in [-0.2, -0.15) is 0 Å². The predicted octanol–water partition coefficient (Wildman–Crippen LogP) is 1.56. The van der Waals surface area contributed by atoms with Crippen LogP contribution >= 0.6 is 0 Å². The third kappa shape index (κ3) is 4.71. The van der Waals surface area contributed by atoms with Gasteiger partial charge in [-0.05, 0) is 50.4 Å². The summed E-state index contributed by atoms with van der Waals surface area (Å²) in [6, 6.07) is 5.33. The SMILES string of the molecule is COc1ccc(N2CC(C(=O)NCCC3CCCNC3)CC2=O)c(OC)c1. The summed E-state index contributed by atoms with van der Waals surface area (Å²) in [4.78, 5) is 26.6. The molecule has 2 aliphatic heterocycles. The predicted molar refractivity (Wildman–Crippen MR) is 103 cm³/mol. The second-order valence-electron chi connectivity index (χ2n) is 7.24. The molecule has 2 heterocycles. The molecular weight excluding hydrogens is 346 g/mol. The summed E-state index contributed by atoms with van der Waals surface area (Å²) in [6.07, 6.45) is 3.63. The van der Waals surface area contributed by atoms with E-state index in [-0.39, 0.29) is 24.2 Å². The molecule has 2 amide bonds.